The zero-order valence-corrected chi connectivity index (χ0v) is 19.1. The van der Waals surface area contributed by atoms with Crippen LogP contribution in [0, 0.1) is 12.9 Å². The van der Waals surface area contributed by atoms with E-state index in [1.54, 1.807) is 19.3 Å². The molecular formula is C27H24FN3O3. The van der Waals surface area contributed by atoms with Gasteiger partial charge >= 0.3 is 5.97 Å². The summed E-state index contributed by atoms with van der Waals surface area (Å²) in [4.78, 5) is 15.4. The first kappa shape index (κ1) is 22.9. The molecule has 4 rings (SSSR count). The lowest BCUT2D eigenvalue weighted by Gasteiger charge is -2.18. The molecule has 2 heterocycles. The van der Waals surface area contributed by atoms with Gasteiger partial charge in [0.1, 0.15) is 0 Å². The third-order valence-electron chi connectivity index (χ3n) is 5.67. The van der Waals surface area contributed by atoms with Crippen molar-refractivity contribution >= 4 is 34.1 Å². The fraction of sp³-hybridized carbons (Fsp3) is 0.148. The number of nitrogens with one attached hydrogen (secondary N) is 1. The standard InChI is InChI=1S/C27H24FN3O3/c1-4-20(21-11-13-24(34-3)29-16(21)2)26(18-8-5-17(6-9-18)7-14-25(32)33)19-10-12-23-22(15-19)27(28)31-30-23/h5-15H,4H2,1-3H3,(H,30,31)(H,32,33). The molecule has 172 valence electrons. The first-order chi connectivity index (χ1) is 16.4. The number of rotatable bonds is 7. The number of aromatic nitrogens is 3. The fourth-order valence-electron chi connectivity index (χ4n) is 4.05. The van der Waals surface area contributed by atoms with Crippen molar-refractivity contribution in [3.8, 4) is 5.88 Å². The van der Waals surface area contributed by atoms with Crippen molar-refractivity contribution in [1.82, 2.24) is 15.2 Å². The van der Waals surface area contributed by atoms with Crippen molar-refractivity contribution in [2.75, 3.05) is 7.11 Å². The number of methoxy groups -OCH3 is 1. The van der Waals surface area contributed by atoms with Crippen LogP contribution in [0.2, 0.25) is 0 Å². The quantitative estimate of drug-likeness (QED) is 0.338. The second-order valence-corrected chi connectivity index (χ2v) is 7.76. The molecule has 0 atom stereocenters. The second-order valence-electron chi connectivity index (χ2n) is 7.76. The normalized spacial score (nSPS) is 12.2. The second kappa shape index (κ2) is 9.70. The highest BCUT2D eigenvalue weighted by Crippen LogP contribution is 2.37. The van der Waals surface area contributed by atoms with Crippen LogP contribution in [0.25, 0.3) is 28.1 Å². The number of benzene rings is 2. The predicted octanol–water partition coefficient (Wildman–Crippen LogP) is 5.88. The Balaban J connectivity index is 1.95. The van der Waals surface area contributed by atoms with Gasteiger partial charge in [-0.25, -0.2) is 9.78 Å². The number of H-pyrrole nitrogens is 1. The summed E-state index contributed by atoms with van der Waals surface area (Å²) in [5, 5.41) is 15.7. The Labute approximate surface area is 196 Å². The Kier molecular flexibility index (Phi) is 6.54. The van der Waals surface area contributed by atoms with Gasteiger partial charge in [0, 0.05) is 17.8 Å². The minimum absolute atomic E-state index is 0.413. The molecular weight excluding hydrogens is 433 g/mol. The highest BCUT2D eigenvalue weighted by Gasteiger charge is 2.17. The van der Waals surface area contributed by atoms with E-state index in [1.165, 1.54) is 0 Å². The summed E-state index contributed by atoms with van der Waals surface area (Å²) >= 11 is 0. The molecule has 0 unspecified atom stereocenters. The molecule has 6 nitrogen and oxygen atoms in total. The number of fused-ring (bicyclic) bond motifs is 1. The molecule has 7 heteroatoms. The van der Waals surface area contributed by atoms with Gasteiger partial charge in [-0.05, 0) is 71.0 Å². The zero-order valence-electron chi connectivity index (χ0n) is 19.1. The summed E-state index contributed by atoms with van der Waals surface area (Å²) in [5.41, 5.74) is 6.93. The van der Waals surface area contributed by atoms with E-state index in [0.29, 0.717) is 23.2 Å². The largest absolute Gasteiger partial charge is 0.481 e. The van der Waals surface area contributed by atoms with Crippen molar-refractivity contribution in [3.05, 3.63) is 94.6 Å². The fourth-order valence-corrected chi connectivity index (χ4v) is 4.05. The van der Waals surface area contributed by atoms with Crippen LogP contribution in [0.3, 0.4) is 0 Å². The number of carbonyl (C=O) groups is 1. The number of aromatic amines is 1. The van der Waals surface area contributed by atoms with Crippen LogP contribution in [-0.4, -0.2) is 33.4 Å². The lowest BCUT2D eigenvalue weighted by molar-refractivity contribution is -0.131. The van der Waals surface area contributed by atoms with Gasteiger partial charge in [-0.2, -0.15) is 4.39 Å². The maximum atomic E-state index is 14.3. The topological polar surface area (TPSA) is 88.1 Å². The number of nitrogens with zero attached hydrogens (tertiary/aromatic N) is 2. The first-order valence-corrected chi connectivity index (χ1v) is 10.8. The molecule has 34 heavy (non-hydrogen) atoms. The average molecular weight is 458 g/mol. The van der Waals surface area contributed by atoms with Crippen LogP contribution in [0.4, 0.5) is 4.39 Å². The van der Waals surface area contributed by atoms with Crippen LogP contribution >= 0.6 is 0 Å². The summed E-state index contributed by atoms with van der Waals surface area (Å²) in [6.07, 6.45) is 3.35. The highest BCUT2D eigenvalue weighted by molar-refractivity contribution is 6.01. The van der Waals surface area contributed by atoms with Gasteiger partial charge < -0.3 is 9.84 Å². The number of hydrogen-bond donors (Lipinski definition) is 2. The van der Waals surface area contributed by atoms with Crippen molar-refractivity contribution in [3.63, 3.8) is 0 Å². The summed E-state index contributed by atoms with van der Waals surface area (Å²) in [6.45, 7) is 4.00. The number of aryl methyl sites for hydroxylation is 1. The van der Waals surface area contributed by atoms with Crippen LogP contribution < -0.4 is 4.74 Å². The first-order valence-electron chi connectivity index (χ1n) is 10.8. The molecule has 4 aromatic rings. The highest BCUT2D eigenvalue weighted by atomic mass is 19.1. The van der Waals surface area contributed by atoms with E-state index in [-0.39, 0.29) is 0 Å². The molecule has 0 spiro atoms. The third kappa shape index (κ3) is 4.59. The summed E-state index contributed by atoms with van der Waals surface area (Å²) in [6, 6.07) is 17.0. The van der Waals surface area contributed by atoms with Crippen LogP contribution in [0.5, 0.6) is 5.88 Å². The van der Waals surface area contributed by atoms with Crippen molar-refractivity contribution < 1.29 is 19.0 Å². The van der Waals surface area contributed by atoms with Gasteiger partial charge in [-0.3, -0.25) is 5.10 Å². The van der Waals surface area contributed by atoms with E-state index >= 15 is 0 Å². The number of aliphatic carboxylic acids is 1. The Hall–Kier alpha value is -4.26. The van der Waals surface area contributed by atoms with Gasteiger partial charge in [0.2, 0.25) is 11.8 Å². The van der Waals surface area contributed by atoms with Crippen molar-refractivity contribution in [2.45, 2.75) is 20.3 Å². The SMILES string of the molecule is CCC(=C(c1ccc(C=CC(=O)O)cc1)c1ccc2[nH]nc(F)c2c1)c1ccc(OC)nc1C. The van der Waals surface area contributed by atoms with Gasteiger partial charge in [-0.15, -0.1) is 5.10 Å². The average Bonchev–Trinajstić information content (AvgIpc) is 3.22. The number of carboxylic acids is 1. The van der Waals surface area contributed by atoms with E-state index in [0.717, 1.165) is 45.2 Å². The number of allylic oxidation sites excluding steroid dienone is 1. The summed E-state index contributed by atoms with van der Waals surface area (Å²) in [7, 11) is 1.58. The maximum Gasteiger partial charge on any atom is 0.328 e. The number of ether oxygens (including phenoxy) is 1. The summed E-state index contributed by atoms with van der Waals surface area (Å²) in [5.74, 6) is -1.02. The molecule has 2 N–H and O–H groups in total. The minimum atomic E-state index is -1.00. The monoisotopic (exact) mass is 457 g/mol. The van der Waals surface area contributed by atoms with Crippen LogP contribution in [0.1, 0.15) is 41.3 Å². The van der Waals surface area contributed by atoms with Gasteiger partial charge in [0.25, 0.3) is 0 Å². The lowest BCUT2D eigenvalue weighted by atomic mass is 9.87. The van der Waals surface area contributed by atoms with Gasteiger partial charge in [0.15, 0.2) is 0 Å². The molecule has 0 aliphatic carbocycles. The number of pyridine rings is 1. The lowest BCUT2D eigenvalue weighted by Crippen LogP contribution is -2.00. The van der Waals surface area contributed by atoms with E-state index in [9.17, 15) is 9.18 Å². The zero-order chi connectivity index (χ0) is 24.2. The number of halogens is 1. The Bertz CT molecular complexity index is 1420. The Morgan fingerprint density at radius 3 is 2.50 bits per heavy atom. The van der Waals surface area contributed by atoms with Crippen molar-refractivity contribution in [2.24, 2.45) is 0 Å². The number of hydrogen-bond acceptors (Lipinski definition) is 4. The Morgan fingerprint density at radius 2 is 1.85 bits per heavy atom. The van der Waals surface area contributed by atoms with Crippen LogP contribution in [-0.2, 0) is 4.79 Å². The molecule has 0 radical (unpaired) electrons. The Morgan fingerprint density at radius 1 is 1.12 bits per heavy atom. The van der Waals surface area contributed by atoms with E-state index in [4.69, 9.17) is 9.84 Å². The minimum Gasteiger partial charge on any atom is -0.481 e. The molecule has 0 aliphatic heterocycles. The third-order valence-corrected chi connectivity index (χ3v) is 5.67. The van der Waals surface area contributed by atoms with E-state index < -0.39 is 11.9 Å². The van der Waals surface area contributed by atoms with Crippen molar-refractivity contribution in [1.29, 1.82) is 0 Å². The van der Waals surface area contributed by atoms with E-state index in [1.807, 2.05) is 55.5 Å². The van der Waals surface area contributed by atoms with E-state index in [2.05, 4.69) is 22.1 Å². The van der Waals surface area contributed by atoms with Gasteiger partial charge in [-0.1, -0.05) is 37.3 Å². The molecule has 0 fully saturated rings. The summed E-state index contributed by atoms with van der Waals surface area (Å²) < 4.78 is 19.6. The smallest absolute Gasteiger partial charge is 0.328 e. The number of carboxylic acid groups (broad SMARTS) is 1. The molecule has 0 saturated heterocycles. The molecule has 2 aromatic carbocycles. The van der Waals surface area contributed by atoms with Crippen LogP contribution in [0.15, 0.2) is 60.7 Å². The predicted molar refractivity (Wildman–Crippen MR) is 131 cm³/mol. The molecule has 0 aliphatic rings. The molecule has 0 amide bonds. The maximum absolute atomic E-state index is 14.3. The molecule has 2 aromatic heterocycles. The van der Waals surface area contributed by atoms with Gasteiger partial charge in [0.05, 0.1) is 18.0 Å². The molecule has 0 bridgehead atoms. The molecule has 0 saturated carbocycles.